The number of aryl methyl sites for hydroxylation is 1. The number of carbonyl (C=O) groups excluding carboxylic acids is 2. The van der Waals surface area contributed by atoms with Gasteiger partial charge in [-0.05, 0) is 42.3 Å². The van der Waals surface area contributed by atoms with Crippen molar-refractivity contribution in [1.29, 1.82) is 0 Å². The number of carbonyl (C=O) groups is 3. The molecule has 2 heterocycles. The SMILES string of the molecule is Cc1ccc2cc(/C=C3\C(=O)N(CC(=O)O)C(=O)c4ccccc43)c(Cl)nc2c1. The van der Waals surface area contributed by atoms with Gasteiger partial charge in [-0.25, -0.2) is 4.98 Å². The van der Waals surface area contributed by atoms with Crippen LogP contribution in [-0.2, 0) is 9.59 Å². The van der Waals surface area contributed by atoms with Crippen molar-refractivity contribution in [1.82, 2.24) is 9.88 Å². The van der Waals surface area contributed by atoms with E-state index in [1.165, 1.54) is 0 Å². The molecule has 1 aliphatic heterocycles. The van der Waals surface area contributed by atoms with Gasteiger partial charge in [-0.15, -0.1) is 0 Å². The van der Waals surface area contributed by atoms with Crippen molar-refractivity contribution in [2.45, 2.75) is 6.92 Å². The second kappa shape index (κ2) is 7.14. The molecule has 0 spiro atoms. The van der Waals surface area contributed by atoms with E-state index in [-0.39, 0.29) is 16.3 Å². The van der Waals surface area contributed by atoms with Crippen LogP contribution < -0.4 is 0 Å². The Hall–Kier alpha value is -3.51. The summed E-state index contributed by atoms with van der Waals surface area (Å²) in [6.07, 6.45) is 1.55. The molecule has 0 saturated carbocycles. The first-order chi connectivity index (χ1) is 13.8. The highest BCUT2D eigenvalue weighted by atomic mass is 35.5. The standard InChI is InChI=1S/C22H15ClN2O4/c1-12-6-7-13-9-14(20(23)24-18(13)8-12)10-17-15-4-2-3-5-16(15)21(28)25(22(17)29)11-19(26)27/h2-10H,11H2,1H3,(H,26,27)/b17-10-. The Bertz CT molecular complexity index is 1230. The molecule has 0 radical (unpaired) electrons. The molecule has 1 N–H and O–H groups in total. The molecule has 0 fully saturated rings. The maximum absolute atomic E-state index is 13.0. The number of carboxylic acid groups (broad SMARTS) is 1. The molecule has 1 aromatic heterocycles. The quantitative estimate of drug-likeness (QED) is 0.406. The Morgan fingerprint density at radius 1 is 1.10 bits per heavy atom. The summed E-state index contributed by atoms with van der Waals surface area (Å²) in [6.45, 7) is 1.24. The van der Waals surface area contributed by atoms with Gasteiger partial charge in [-0.1, -0.05) is 41.9 Å². The minimum Gasteiger partial charge on any atom is -0.480 e. The number of pyridine rings is 1. The van der Waals surface area contributed by atoms with Crippen LogP contribution in [-0.4, -0.2) is 39.3 Å². The Labute approximate surface area is 171 Å². The topological polar surface area (TPSA) is 87.6 Å². The summed E-state index contributed by atoms with van der Waals surface area (Å²) in [4.78, 5) is 41.9. The van der Waals surface area contributed by atoms with Gasteiger partial charge in [0.15, 0.2) is 0 Å². The zero-order chi connectivity index (χ0) is 20.7. The summed E-state index contributed by atoms with van der Waals surface area (Å²) < 4.78 is 0. The Morgan fingerprint density at radius 3 is 2.55 bits per heavy atom. The number of halogens is 1. The van der Waals surface area contributed by atoms with Crippen molar-refractivity contribution >= 4 is 51.9 Å². The van der Waals surface area contributed by atoms with Gasteiger partial charge in [0.25, 0.3) is 11.8 Å². The van der Waals surface area contributed by atoms with Crippen LogP contribution in [0.25, 0.3) is 22.6 Å². The summed E-state index contributed by atoms with van der Waals surface area (Å²) >= 11 is 6.36. The fraction of sp³-hybridized carbons (Fsp3) is 0.0909. The molecule has 0 unspecified atom stereocenters. The molecule has 0 saturated heterocycles. The molecule has 0 aliphatic carbocycles. The van der Waals surface area contributed by atoms with Gasteiger partial charge in [0.1, 0.15) is 11.7 Å². The first kappa shape index (κ1) is 18.8. The van der Waals surface area contributed by atoms with Crippen molar-refractivity contribution in [3.05, 3.63) is 75.9 Å². The molecule has 2 aromatic carbocycles. The first-order valence-corrected chi connectivity index (χ1v) is 9.19. The number of aliphatic carboxylic acids is 1. The van der Waals surface area contributed by atoms with Gasteiger partial charge in [-0.3, -0.25) is 19.3 Å². The van der Waals surface area contributed by atoms with Crippen molar-refractivity contribution < 1.29 is 19.5 Å². The van der Waals surface area contributed by atoms with Gasteiger partial charge in [0.2, 0.25) is 0 Å². The van der Waals surface area contributed by atoms with E-state index in [0.717, 1.165) is 21.4 Å². The lowest BCUT2D eigenvalue weighted by atomic mass is 9.92. The van der Waals surface area contributed by atoms with Crippen LogP contribution in [0.3, 0.4) is 0 Å². The highest BCUT2D eigenvalue weighted by Gasteiger charge is 2.35. The monoisotopic (exact) mass is 406 g/mol. The van der Waals surface area contributed by atoms with Gasteiger partial charge in [0, 0.05) is 22.1 Å². The smallest absolute Gasteiger partial charge is 0.323 e. The maximum atomic E-state index is 13.0. The lowest BCUT2D eigenvalue weighted by Crippen LogP contribution is -2.44. The largest absolute Gasteiger partial charge is 0.480 e. The maximum Gasteiger partial charge on any atom is 0.323 e. The van der Waals surface area contributed by atoms with Crippen molar-refractivity contribution in [2.75, 3.05) is 6.54 Å². The van der Waals surface area contributed by atoms with Crippen LogP contribution in [0.4, 0.5) is 0 Å². The summed E-state index contributed by atoms with van der Waals surface area (Å²) in [5, 5.41) is 10.2. The van der Waals surface area contributed by atoms with Crippen LogP contribution in [0.5, 0.6) is 0 Å². The second-order valence-corrected chi connectivity index (χ2v) is 7.12. The van der Waals surface area contributed by atoms with E-state index in [0.29, 0.717) is 11.1 Å². The second-order valence-electron chi connectivity index (χ2n) is 6.76. The minimum absolute atomic E-state index is 0.191. The molecule has 3 aromatic rings. The lowest BCUT2D eigenvalue weighted by Gasteiger charge is -2.27. The van der Waals surface area contributed by atoms with Crippen LogP contribution in [0.1, 0.15) is 27.0 Å². The lowest BCUT2D eigenvalue weighted by molar-refractivity contribution is -0.141. The van der Waals surface area contributed by atoms with Gasteiger partial charge >= 0.3 is 5.97 Å². The fourth-order valence-corrected chi connectivity index (χ4v) is 3.55. The number of rotatable bonds is 3. The molecule has 7 heteroatoms. The van der Waals surface area contributed by atoms with Gasteiger partial charge in [0.05, 0.1) is 5.52 Å². The van der Waals surface area contributed by atoms with E-state index in [9.17, 15) is 14.4 Å². The predicted molar refractivity (Wildman–Crippen MR) is 109 cm³/mol. The third-order valence-electron chi connectivity index (χ3n) is 4.72. The third-order valence-corrected chi connectivity index (χ3v) is 5.02. The van der Waals surface area contributed by atoms with Gasteiger partial charge < -0.3 is 5.11 Å². The number of hydrogen-bond donors (Lipinski definition) is 1. The minimum atomic E-state index is -1.27. The summed E-state index contributed by atoms with van der Waals surface area (Å²) in [7, 11) is 0. The summed E-state index contributed by atoms with van der Waals surface area (Å²) in [5.74, 6) is -2.59. The molecule has 2 amide bonds. The molecule has 6 nitrogen and oxygen atoms in total. The van der Waals surface area contributed by atoms with Crippen molar-refractivity contribution in [2.24, 2.45) is 0 Å². The van der Waals surface area contributed by atoms with Gasteiger partial charge in [-0.2, -0.15) is 0 Å². The van der Waals surface area contributed by atoms with E-state index in [2.05, 4.69) is 4.98 Å². The Kier molecular flexibility index (Phi) is 4.64. The Balaban J connectivity index is 1.90. The zero-order valence-corrected chi connectivity index (χ0v) is 16.1. The number of nitrogens with zero attached hydrogens (tertiary/aromatic N) is 2. The number of aromatic nitrogens is 1. The number of imide groups is 1. The average molecular weight is 407 g/mol. The van der Waals surface area contributed by atoms with E-state index < -0.39 is 24.3 Å². The Morgan fingerprint density at radius 2 is 1.83 bits per heavy atom. The molecule has 29 heavy (non-hydrogen) atoms. The third kappa shape index (κ3) is 3.39. The molecule has 4 rings (SSSR count). The van der Waals surface area contributed by atoms with Crippen LogP contribution in [0, 0.1) is 6.92 Å². The van der Waals surface area contributed by atoms with E-state index >= 15 is 0 Å². The first-order valence-electron chi connectivity index (χ1n) is 8.81. The summed E-state index contributed by atoms with van der Waals surface area (Å²) in [5.41, 5.74) is 3.17. The fourth-order valence-electron chi connectivity index (χ4n) is 3.35. The van der Waals surface area contributed by atoms with E-state index in [1.54, 1.807) is 30.3 Å². The van der Waals surface area contributed by atoms with E-state index in [1.807, 2.05) is 31.2 Å². The molecule has 1 aliphatic rings. The number of amides is 2. The van der Waals surface area contributed by atoms with Crippen molar-refractivity contribution in [3.63, 3.8) is 0 Å². The molecule has 0 atom stereocenters. The zero-order valence-electron chi connectivity index (χ0n) is 15.3. The highest BCUT2D eigenvalue weighted by molar-refractivity contribution is 6.36. The van der Waals surface area contributed by atoms with E-state index in [4.69, 9.17) is 16.7 Å². The predicted octanol–water partition coefficient (Wildman–Crippen LogP) is 3.80. The number of hydrogen-bond acceptors (Lipinski definition) is 4. The van der Waals surface area contributed by atoms with Crippen LogP contribution >= 0.6 is 11.6 Å². The molecule has 144 valence electrons. The highest BCUT2D eigenvalue weighted by Crippen LogP contribution is 2.32. The van der Waals surface area contributed by atoms with Crippen molar-refractivity contribution in [3.8, 4) is 0 Å². The molecule has 0 bridgehead atoms. The van der Waals surface area contributed by atoms with Crippen LogP contribution in [0.15, 0.2) is 48.5 Å². The van der Waals surface area contributed by atoms with Crippen LogP contribution in [0.2, 0.25) is 5.15 Å². The molecular weight excluding hydrogens is 392 g/mol. The summed E-state index contributed by atoms with van der Waals surface area (Å²) in [6, 6.07) is 14.2. The average Bonchev–Trinajstić information content (AvgIpc) is 2.68. The molecular formula is C22H15ClN2O4. The normalized spacial score (nSPS) is 15.1. The number of fused-ring (bicyclic) bond motifs is 2. The number of benzene rings is 2. The number of carboxylic acids is 1.